The summed E-state index contributed by atoms with van der Waals surface area (Å²) in [5.74, 6) is -0.0924. The molecule has 0 bridgehead atoms. The number of rotatable bonds is 5. The maximum atomic E-state index is 10.9. The van der Waals surface area contributed by atoms with Crippen LogP contribution < -0.4 is 4.74 Å². The summed E-state index contributed by atoms with van der Waals surface area (Å²) < 4.78 is 5.84. The molecule has 24 heavy (non-hydrogen) atoms. The Labute approximate surface area is 141 Å². The molecular weight excluding hydrogens is 300 g/mol. The SMILES string of the molecule is Cc1cc(OCc2ccccc2)ccc1-c1ccc(C(=O)O)cc1. The average Bonchev–Trinajstić information content (AvgIpc) is 2.61. The van der Waals surface area contributed by atoms with Gasteiger partial charge in [0.25, 0.3) is 0 Å². The summed E-state index contributed by atoms with van der Waals surface area (Å²) in [4.78, 5) is 10.9. The molecule has 0 aliphatic heterocycles. The molecule has 0 aliphatic carbocycles. The van der Waals surface area contributed by atoms with Crippen LogP contribution in [0.2, 0.25) is 0 Å². The number of benzene rings is 3. The molecule has 1 N–H and O–H groups in total. The van der Waals surface area contributed by atoms with E-state index >= 15 is 0 Å². The van der Waals surface area contributed by atoms with Crippen LogP contribution in [0, 0.1) is 6.92 Å². The number of carbonyl (C=O) groups is 1. The van der Waals surface area contributed by atoms with Crippen LogP contribution in [0.3, 0.4) is 0 Å². The van der Waals surface area contributed by atoms with Crippen LogP contribution >= 0.6 is 0 Å². The molecule has 0 radical (unpaired) electrons. The van der Waals surface area contributed by atoms with E-state index in [4.69, 9.17) is 9.84 Å². The van der Waals surface area contributed by atoms with Crippen LogP contribution in [0.15, 0.2) is 72.8 Å². The lowest BCUT2D eigenvalue weighted by Gasteiger charge is -2.11. The predicted octanol–water partition coefficient (Wildman–Crippen LogP) is 4.94. The van der Waals surface area contributed by atoms with E-state index in [1.165, 1.54) is 0 Å². The van der Waals surface area contributed by atoms with Gasteiger partial charge in [-0.2, -0.15) is 0 Å². The molecule has 0 saturated heterocycles. The standard InChI is InChI=1S/C21H18O3/c1-15-13-19(24-14-16-5-3-2-4-6-16)11-12-20(15)17-7-9-18(10-8-17)21(22)23/h2-13H,14H2,1H3,(H,22,23). The Balaban J connectivity index is 1.75. The lowest BCUT2D eigenvalue weighted by molar-refractivity contribution is 0.0697. The fourth-order valence-electron chi connectivity index (χ4n) is 2.58. The number of aromatic carboxylic acids is 1. The van der Waals surface area contributed by atoms with Gasteiger partial charge < -0.3 is 9.84 Å². The first-order valence-electron chi connectivity index (χ1n) is 7.74. The number of ether oxygens (including phenoxy) is 1. The molecule has 0 aromatic heterocycles. The van der Waals surface area contributed by atoms with E-state index in [0.29, 0.717) is 12.2 Å². The van der Waals surface area contributed by atoms with Crippen molar-refractivity contribution in [1.29, 1.82) is 0 Å². The van der Waals surface area contributed by atoms with Crippen molar-refractivity contribution < 1.29 is 14.6 Å². The first-order valence-corrected chi connectivity index (χ1v) is 7.74. The minimum absolute atomic E-state index is 0.291. The fraction of sp³-hybridized carbons (Fsp3) is 0.0952. The predicted molar refractivity (Wildman–Crippen MR) is 94.3 cm³/mol. The Morgan fingerprint density at radius 1 is 0.958 bits per heavy atom. The maximum absolute atomic E-state index is 10.9. The van der Waals surface area contributed by atoms with Gasteiger partial charge in [0.2, 0.25) is 0 Å². The zero-order valence-electron chi connectivity index (χ0n) is 13.4. The molecule has 3 nitrogen and oxygen atoms in total. The number of carboxylic acid groups (broad SMARTS) is 1. The molecule has 3 aromatic rings. The minimum atomic E-state index is -0.914. The van der Waals surface area contributed by atoms with Gasteiger partial charge in [-0.15, -0.1) is 0 Å². The van der Waals surface area contributed by atoms with Crippen molar-refractivity contribution in [2.45, 2.75) is 13.5 Å². The van der Waals surface area contributed by atoms with E-state index in [1.807, 2.05) is 67.6 Å². The highest BCUT2D eigenvalue weighted by Gasteiger charge is 2.06. The lowest BCUT2D eigenvalue weighted by atomic mass is 9.99. The molecule has 0 fully saturated rings. The highest BCUT2D eigenvalue weighted by molar-refractivity contribution is 5.88. The second kappa shape index (κ2) is 7.01. The average molecular weight is 318 g/mol. The van der Waals surface area contributed by atoms with Crippen LogP contribution in [-0.2, 0) is 6.61 Å². The molecule has 3 heteroatoms. The van der Waals surface area contributed by atoms with E-state index in [2.05, 4.69) is 0 Å². The zero-order chi connectivity index (χ0) is 16.9. The van der Waals surface area contributed by atoms with Gasteiger partial charge in [-0.1, -0.05) is 48.5 Å². The van der Waals surface area contributed by atoms with E-state index in [9.17, 15) is 4.79 Å². The van der Waals surface area contributed by atoms with Crippen molar-refractivity contribution in [1.82, 2.24) is 0 Å². The fourth-order valence-corrected chi connectivity index (χ4v) is 2.58. The van der Waals surface area contributed by atoms with Gasteiger partial charge in [-0.3, -0.25) is 0 Å². The molecular formula is C21H18O3. The van der Waals surface area contributed by atoms with Crippen molar-refractivity contribution in [2.24, 2.45) is 0 Å². The van der Waals surface area contributed by atoms with Crippen molar-refractivity contribution in [3.05, 3.63) is 89.5 Å². The molecule has 0 heterocycles. The molecule has 3 rings (SSSR count). The van der Waals surface area contributed by atoms with Gasteiger partial charge in [0.1, 0.15) is 12.4 Å². The van der Waals surface area contributed by atoms with Gasteiger partial charge in [0.15, 0.2) is 0 Å². The Kier molecular flexibility index (Phi) is 4.62. The van der Waals surface area contributed by atoms with Crippen LogP contribution in [0.25, 0.3) is 11.1 Å². The smallest absolute Gasteiger partial charge is 0.335 e. The van der Waals surface area contributed by atoms with Gasteiger partial charge >= 0.3 is 5.97 Å². The number of carboxylic acids is 1. The minimum Gasteiger partial charge on any atom is -0.489 e. The Morgan fingerprint density at radius 3 is 2.29 bits per heavy atom. The summed E-state index contributed by atoms with van der Waals surface area (Å²) in [5.41, 5.74) is 4.57. The third-order valence-electron chi connectivity index (χ3n) is 3.89. The second-order valence-corrected chi connectivity index (χ2v) is 5.63. The number of hydrogen-bond donors (Lipinski definition) is 1. The number of hydrogen-bond acceptors (Lipinski definition) is 2. The lowest BCUT2D eigenvalue weighted by Crippen LogP contribution is -1.96. The van der Waals surface area contributed by atoms with Gasteiger partial charge in [0, 0.05) is 0 Å². The van der Waals surface area contributed by atoms with Crippen molar-refractivity contribution in [3.63, 3.8) is 0 Å². The summed E-state index contributed by atoms with van der Waals surface area (Å²) in [5, 5.41) is 8.97. The first kappa shape index (κ1) is 15.8. The molecule has 0 aliphatic rings. The normalized spacial score (nSPS) is 10.4. The van der Waals surface area contributed by atoms with Crippen molar-refractivity contribution in [2.75, 3.05) is 0 Å². The largest absolute Gasteiger partial charge is 0.489 e. The highest BCUT2D eigenvalue weighted by Crippen LogP contribution is 2.27. The molecule has 0 atom stereocenters. The van der Waals surface area contributed by atoms with Crippen LogP contribution in [0.5, 0.6) is 5.75 Å². The van der Waals surface area contributed by atoms with E-state index in [-0.39, 0.29) is 0 Å². The third-order valence-corrected chi connectivity index (χ3v) is 3.89. The number of aryl methyl sites for hydroxylation is 1. The zero-order valence-corrected chi connectivity index (χ0v) is 13.4. The Bertz CT molecular complexity index is 837. The van der Waals surface area contributed by atoms with Crippen molar-refractivity contribution in [3.8, 4) is 16.9 Å². The Morgan fingerprint density at radius 2 is 1.67 bits per heavy atom. The van der Waals surface area contributed by atoms with Crippen molar-refractivity contribution >= 4 is 5.97 Å². The van der Waals surface area contributed by atoms with E-state index in [0.717, 1.165) is 28.0 Å². The maximum Gasteiger partial charge on any atom is 0.335 e. The van der Waals surface area contributed by atoms with Gasteiger partial charge in [-0.05, 0) is 53.4 Å². The summed E-state index contributed by atoms with van der Waals surface area (Å²) in [7, 11) is 0. The molecule has 0 unspecified atom stereocenters. The quantitative estimate of drug-likeness (QED) is 0.725. The van der Waals surface area contributed by atoms with Crippen LogP contribution in [0.1, 0.15) is 21.5 Å². The van der Waals surface area contributed by atoms with Gasteiger partial charge in [-0.25, -0.2) is 4.79 Å². The van der Waals surface area contributed by atoms with E-state index in [1.54, 1.807) is 12.1 Å². The van der Waals surface area contributed by atoms with Gasteiger partial charge in [0.05, 0.1) is 5.56 Å². The molecule has 0 amide bonds. The topological polar surface area (TPSA) is 46.5 Å². The highest BCUT2D eigenvalue weighted by atomic mass is 16.5. The van der Waals surface area contributed by atoms with E-state index < -0.39 is 5.97 Å². The Hall–Kier alpha value is -3.07. The molecule has 120 valence electrons. The third kappa shape index (κ3) is 3.63. The summed E-state index contributed by atoms with van der Waals surface area (Å²) in [6.07, 6.45) is 0. The summed E-state index contributed by atoms with van der Waals surface area (Å²) >= 11 is 0. The molecule has 0 saturated carbocycles. The van der Waals surface area contributed by atoms with Crippen LogP contribution in [0.4, 0.5) is 0 Å². The second-order valence-electron chi connectivity index (χ2n) is 5.63. The molecule has 3 aromatic carbocycles. The summed E-state index contributed by atoms with van der Waals surface area (Å²) in [6.45, 7) is 2.56. The first-order chi connectivity index (χ1) is 11.6. The monoisotopic (exact) mass is 318 g/mol. The van der Waals surface area contributed by atoms with Crippen LogP contribution in [-0.4, -0.2) is 11.1 Å². The molecule has 0 spiro atoms. The summed E-state index contributed by atoms with van der Waals surface area (Å²) in [6, 6.07) is 22.9.